The maximum atomic E-state index is 6.33. The van der Waals surface area contributed by atoms with E-state index in [1.54, 1.807) is 25.5 Å². The van der Waals surface area contributed by atoms with E-state index in [1.807, 2.05) is 25.1 Å². The lowest BCUT2D eigenvalue weighted by Crippen LogP contribution is -2.48. The average Bonchev–Trinajstić information content (AvgIpc) is 3.16. The summed E-state index contributed by atoms with van der Waals surface area (Å²) in [5.74, 6) is 1.64. The highest BCUT2D eigenvalue weighted by atomic mass is 127. The SMILES string of the molecule is CN=C(NCCc1csc(C)n1)NCC1(c2cc(Cl)ccc2OC)CCOCC1.I. The van der Waals surface area contributed by atoms with Crippen LogP contribution in [-0.4, -0.2) is 51.4 Å². The Morgan fingerprint density at radius 2 is 2.10 bits per heavy atom. The molecule has 1 fully saturated rings. The van der Waals surface area contributed by atoms with Gasteiger partial charge in [0.15, 0.2) is 5.96 Å². The molecule has 6 nitrogen and oxygen atoms in total. The van der Waals surface area contributed by atoms with Crippen molar-refractivity contribution in [1.29, 1.82) is 0 Å². The van der Waals surface area contributed by atoms with Crippen molar-refractivity contribution in [3.8, 4) is 5.75 Å². The van der Waals surface area contributed by atoms with Crippen LogP contribution in [0.15, 0.2) is 28.6 Å². The second-order valence-electron chi connectivity index (χ2n) is 7.20. The fourth-order valence-corrected chi connectivity index (χ4v) is 4.52. The Hall–Kier alpha value is -1.10. The molecular weight excluding hydrogens is 535 g/mol. The number of ether oxygens (including phenoxy) is 2. The number of hydrogen-bond acceptors (Lipinski definition) is 5. The number of nitrogens with one attached hydrogen (secondary N) is 2. The van der Waals surface area contributed by atoms with E-state index < -0.39 is 0 Å². The van der Waals surface area contributed by atoms with Crippen molar-refractivity contribution in [3.05, 3.63) is 44.9 Å². The zero-order chi connectivity index (χ0) is 20.7. The van der Waals surface area contributed by atoms with E-state index in [2.05, 4.69) is 26.0 Å². The van der Waals surface area contributed by atoms with Crippen LogP contribution >= 0.6 is 46.9 Å². The highest BCUT2D eigenvalue weighted by Gasteiger charge is 2.37. The van der Waals surface area contributed by atoms with E-state index in [0.29, 0.717) is 18.2 Å². The number of aromatic nitrogens is 1. The van der Waals surface area contributed by atoms with Gasteiger partial charge in [-0.15, -0.1) is 35.3 Å². The van der Waals surface area contributed by atoms with Crippen molar-refractivity contribution < 1.29 is 9.47 Å². The zero-order valence-electron chi connectivity index (χ0n) is 17.7. The van der Waals surface area contributed by atoms with E-state index in [9.17, 15) is 0 Å². The monoisotopic (exact) mass is 564 g/mol. The maximum Gasteiger partial charge on any atom is 0.191 e. The van der Waals surface area contributed by atoms with Gasteiger partial charge in [-0.1, -0.05) is 11.6 Å². The number of nitrogens with zero attached hydrogens (tertiary/aromatic N) is 2. The fraction of sp³-hybridized carbons (Fsp3) is 0.524. The smallest absolute Gasteiger partial charge is 0.191 e. The summed E-state index contributed by atoms with van der Waals surface area (Å²) in [4.78, 5) is 8.89. The van der Waals surface area contributed by atoms with Crippen LogP contribution in [0.4, 0.5) is 0 Å². The topological polar surface area (TPSA) is 67.8 Å². The van der Waals surface area contributed by atoms with Gasteiger partial charge in [-0.3, -0.25) is 4.99 Å². The Balaban J connectivity index is 0.00000320. The van der Waals surface area contributed by atoms with E-state index in [-0.39, 0.29) is 29.4 Å². The molecule has 1 aromatic heterocycles. The average molecular weight is 565 g/mol. The molecule has 0 radical (unpaired) electrons. The third kappa shape index (κ3) is 6.45. The molecule has 166 valence electrons. The van der Waals surface area contributed by atoms with Gasteiger partial charge < -0.3 is 20.1 Å². The van der Waals surface area contributed by atoms with Crippen molar-refractivity contribution in [2.24, 2.45) is 4.99 Å². The Morgan fingerprint density at radius 1 is 1.33 bits per heavy atom. The number of hydrogen-bond donors (Lipinski definition) is 2. The normalized spacial score (nSPS) is 15.9. The molecule has 1 saturated heterocycles. The first-order valence-corrected chi connectivity index (χ1v) is 11.1. The molecule has 1 aliphatic heterocycles. The van der Waals surface area contributed by atoms with Gasteiger partial charge in [-0.25, -0.2) is 4.98 Å². The first kappa shape index (κ1) is 25.2. The summed E-state index contributed by atoms with van der Waals surface area (Å²) in [6.07, 6.45) is 2.66. The van der Waals surface area contributed by atoms with Gasteiger partial charge in [0.25, 0.3) is 0 Å². The summed E-state index contributed by atoms with van der Waals surface area (Å²) in [5, 5.41) is 10.8. The lowest BCUT2D eigenvalue weighted by molar-refractivity contribution is 0.0505. The summed E-state index contributed by atoms with van der Waals surface area (Å²) >= 11 is 8.01. The molecule has 3 rings (SSSR count). The molecule has 0 unspecified atom stereocenters. The van der Waals surface area contributed by atoms with Gasteiger partial charge in [0.05, 0.1) is 17.8 Å². The number of aryl methyl sites for hydroxylation is 1. The third-order valence-corrected chi connectivity index (χ3v) is 6.40. The van der Waals surface area contributed by atoms with Gasteiger partial charge in [0, 0.05) is 61.2 Å². The quantitative estimate of drug-likeness (QED) is 0.300. The number of benzene rings is 1. The van der Waals surface area contributed by atoms with E-state index >= 15 is 0 Å². The second kappa shape index (κ2) is 12.1. The fourth-order valence-electron chi connectivity index (χ4n) is 3.70. The molecule has 0 spiro atoms. The summed E-state index contributed by atoms with van der Waals surface area (Å²) in [6, 6.07) is 5.83. The summed E-state index contributed by atoms with van der Waals surface area (Å²) < 4.78 is 11.3. The molecule has 0 saturated carbocycles. The van der Waals surface area contributed by atoms with Crippen LogP contribution in [-0.2, 0) is 16.6 Å². The van der Waals surface area contributed by atoms with Gasteiger partial charge in [-0.05, 0) is 38.0 Å². The van der Waals surface area contributed by atoms with E-state index in [4.69, 9.17) is 21.1 Å². The van der Waals surface area contributed by atoms with Crippen LogP contribution in [0.5, 0.6) is 5.75 Å². The van der Waals surface area contributed by atoms with Crippen molar-refractivity contribution >= 4 is 52.9 Å². The molecule has 2 aromatic rings. The molecule has 0 bridgehead atoms. The minimum atomic E-state index is -0.127. The van der Waals surface area contributed by atoms with Crippen LogP contribution < -0.4 is 15.4 Å². The lowest BCUT2D eigenvalue weighted by Gasteiger charge is -2.39. The Morgan fingerprint density at radius 3 is 2.73 bits per heavy atom. The van der Waals surface area contributed by atoms with Crippen LogP contribution in [0.1, 0.15) is 29.1 Å². The summed E-state index contributed by atoms with van der Waals surface area (Å²) in [5.41, 5.74) is 2.11. The van der Waals surface area contributed by atoms with Crippen LogP contribution in [0, 0.1) is 6.92 Å². The number of thiazole rings is 1. The van der Waals surface area contributed by atoms with Crippen LogP contribution in [0.25, 0.3) is 0 Å². The summed E-state index contributed by atoms with van der Waals surface area (Å²) in [7, 11) is 3.49. The lowest BCUT2D eigenvalue weighted by atomic mass is 9.73. The maximum absolute atomic E-state index is 6.33. The molecule has 0 atom stereocenters. The van der Waals surface area contributed by atoms with Crippen molar-refractivity contribution in [3.63, 3.8) is 0 Å². The van der Waals surface area contributed by atoms with Crippen molar-refractivity contribution in [1.82, 2.24) is 15.6 Å². The molecule has 9 heteroatoms. The first-order valence-electron chi connectivity index (χ1n) is 9.83. The van der Waals surface area contributed by atoms with Gasteiger partial charge >= 0.3 is 0 Å². The highest BCUT2D eigenvalue weighted by molar-refractivity contribution is 14.0. The van der Waals surface area contributed by atoms with Gasteiger partial charge in [-0.2, -0.15) is 0 Å². The molecule has 2 heterocycles. The predicted octanol–water partition coefficient (Wildman–Crippen LogP) is 4.19. The van der Waals surface area contributed by atoms with Crippen LogP contribution in [0.2, 0.25) is 5.02 Å². The number of guanidine groups is 1. The van der Waals surface area contributed by atoms with Gasteiger partial charge in [0.1, 0.15) is 5.75 Å². The van der Waals surface area contributed by atoms with Crippen molar-refractivity contribution in [2.75, 3.05) is 40.5 Å². The molecule has 0 amide bonds. The molecule has 30 heavy (non-hydrogen) atoms. The second-order valence-corrected chi connectivity index (χ2v) is 8.70. The Labute approximate surface area is 204 Å². The zero-order valence-corrected chi connectivity index (χ0v) is 21.6. The third-order valence-electron chi connectivity index (χ3n) is 5.34. The number of aliphatic imine (C=N–C) groups is 1. The minimum Gasteiger partial charge on any atom is -0.496 e. The summed E-state index contributed by atoms with van der Waals surface area (Å²) in [6.45, 7) is 4.96. The number of methoxy groups -OCH3 is 1. The standard InChI is InChI=1S/C21H29ClN4O2S.HI/c1-15-26-17(13-29-15)6-9-24-20(23-2)25-14-21(7-10-28-11-8-21)18-12-16(22)4-5-19(18)27-3;/h4-5,12-13H,6-11,14H2,1-3H3,(H2,23,24,25);1H. The van der Waals surface area contributed by atoms with Crippen molar-refractivity contribution in [2.45, 2.75) is 31.6 Å². The van der Waals surface area contributed by atoms with Crippen LogP contribution in [0.3, 0.4) is 0 Å². The molecule has 0 aliphatic carbocycles. The minimum absolute atomic E-state index is 0. The Kier molecular flexibility index (Phi) is 10.1. The number of rotatable bonds is 7. The molecule has 2 N–H and O–H groups in total. The molecule has 1 aliphatic rings. The molecule has 1 aromatic carbocycles. The van der Waals surface area contributed by atoms with E-state index in [1.165, 1.54) is 0 Å². The molecular formula is C21H30ClIN4O2S. The first-order chi connectivity index (χ1) is 14.1. The highest BCUT2D eigenvalue weighted by Crippen LogP contribution is 2.40. The number of halogens is 2. The largest absolute Gasteiger partial charge is 0.496 e. The predicted molar refractivity (Wildman–Crippen MR) is 135 cm³/mol. The van der Waals surface area contributed by atoms with Gasteiger partial charge in [0.2, 0.25) is 0 Å². The van der Waals surface area contributed by atoms with E-state index in [0.717, 1.165) is 60.3 Å². The Bertz CT molecular complexity index is 840.